The first-order valence-corrected chi connectivity index (χ1v) is 12.7. The third kappa shape index (κ3) is 14.4. The van der Waals surface area contributed by atoms with Gasteiger partial charge in [-0.1, -0.05) is 122 Å². The minimum absolute atomic E-state index is 0.320. The normalized spacial score (nSPS) is 11.1. The summed E-state index contributed by atoms with van der Waals surface area (Å²) in [5, 5.41) is 9.68. The van der Waals surface area contributed by atoms with Crippen LogP contribution in [0.1, 0.15) is 128 Å². The van der Waals surface area contributed by atoms with Crippen LogP contribution in [0.25, 0.3) is 0 Å². The van der Waals surface area contributed by atoms with E-state index in [0.29, 0.717) is 5.75 Å². The van der Waals surface area contributed by atoms with Crippen LogP contribution >= 0.6 is 0 Å². The van der Waals surface area contributed by atoms with Crippen LogP contribution in [0.2, 0.25) is 0 Å². The number of benzene rings is 1. The SMILES string of the molecule is CCCCCCCCCCCCCCCCCCCCOc1cccc(O)c1C. The molecule has 0 saturated carbocycles. The predicted molar refractivity (Wildman–Crippen MR) is 127 cm³/mol. The van der Waals surface area contributed by atoms with E-state index in [0.717, 1.165) is 24.3 Å². The van der Waals surface area contributed by atoms with Crippen LogP contribution in [0.4, 0.5) is 0 Å². The third-order valence-electron chi connectivity index (χ3n) is 6.01. The van der Waals surface area contributed by atoms with Crippen molar-refractivity contribution < 1.29 is 9.84 Å². The molecule has 1 aromatic carbocycles. The molecule has 0 fully saturated rings. The van der Waals surface area contributed by atoms with Crippen molar-refractivity contribution in [1.82, 2.24) is 0 Å². The minimum Gasteiger partial charge on any atom is -0.508 e. The van der Waals surface area contributed by atoms with E-state index in [9.17, 15) is 5.11 Å². The number of hydrogen-bond donors (Lipinski definition) is 1. The Bertz CT molecular complexity index is 483. The van der Waals surface area contributed by atoms with Crippen molar-refractivity contribution in [2.24, 2.45) is 0 Å². The van der Waals surface area contributed by atoms with E-state index in [1.807, 2.05) is 19.1 Å². The van der Waals surface area contributed by atoms with Crippen molar-refractivity contribution in [3.8, 4) is 11.5 Å². The van der Waals surface area contributed by atoms with Gasteiger partial charge in [0.25, 0.3) is 0 Å². The summed E-state index contributed by atoms with van der Waals surface area (Å²) in [7, 11) is 0. The highest BCUT2D eigenvalue weighted by molar-refractivity contribution is 5.42. The highest BCUT2D eigenvalue weighted by atomic mass is 16.5. The fourth-order valence-electron chi connectivity index (χ4n) is 3.95. The molecule has 0 heterocycles. The molecule has 0 radical (unpaired) electrons. The molecule has 1 aromatic rings. The minimum atomic E-state index is 0.320. The summed E-state index contributed by atoms with van der Waals surface area (Å²) in [5.41, 5.74) is 0.843. The zero-order valence-electron chi connectivity index (χ0n) is 19.5. The summed E-state index contributed by atoms with van der Waals surface area (Å²) in [6, 6.07) is 5.48. The second-order valence-electron chi connectivity index (χ2n) is 8.76. The zero-order valence-corrected chi connectivity index (χ0v) is 19.5. The van der Waals surface area contributed by atoms with E-state index in [2.05, 4.69) is 6.92 Å². The Hall–Kier alpha value is -1.18. The molecule has 0 amide bonds. The van der Waals surface area contributed by atoms with Crippen LogP contribution in [-0.2, 0) is 0 Å². The molecule has 0 saturated heterocycles. The molecule has 0 bridgehead atoms. The quantitative estimate of drug-likeness (QED) is 0.219. The second kappa shape index (κ2) is 18.8. The molecule has 0 aliphatic rings. The number of phenolic OH excluding ortho intramolecular Hbond substituents is 1. The first kappa shape index (κ1) is 25.9. The van der Waals surface area contributed by atoms with Crippen molar-refractivity contribution in [1.29, 1.82) is 0 Å². The van der Waals surface area contributed by atoms with Gasteiger partial charge in [0.05, 0.1) is 6.61 Å². The Morgan fingerprint density at radius 1 is 0.621 bits per heavy atom. The Kier molecular flexibility index (Phi) is 16.8. The van der Waals surface area contributed by atoms with Crippen LogP contribution in [0.3, 0.4) is 0 Å². The van der Waals surface area contributed by atoms with E-state index in [1.165, 1.54) is 109 Å². The summed E-state index contributed by atoms with van der Waals surface area (Å²) in [4.78, 5) is 0. The Morgan fingerprint density at radius 2 is 1.03 bits per heavy atom. The predicted octanol–water partition coefficient (Wildman–Crippen LogP) is 9.12. The lowest BCUT2D eigenvalue weighted by Crippen LogP contribution is -1.98. The highest BCUT2D eigenvalue weighted by Crippen LogP contribution is 2.26. The lowest BCUT2D eigenvalue weighted by molar-refractivity contribution is 0.300. The summed E-state index contributed by atoms with van der Waals surface area (Å²) in [5.74, 6) is 1.14. The summed E-state index contributed by atoms with van der Waals surface area (Å²) in [6.45, 7) is 4.95. The van der Waals surface area contributed by atoms with Crippen molar-refractivity contribution in [3.05, 3.63) is 23.8 Å². The van der Waals surface area contributed by atoms with Gasteiger partial charge in [-0.15, -0.1) is 0 Å². The van der Waals surface area contributed by atoms with Crippen molar-refractivity contribution in [2.45, 2.75) is 129 Å². The van der Waals surface area contributed by atoms with E-state index in [1.54, 1.807) is 6.07 Å². The largest absolute Gasteiger partial charge is 0.508 e. The van der Waals surface area contributed by atoms with Crippen LogP contribution in [-0.4, -0.2) is 11.7 Å². The number of hydrogen-bond acceptors (Lipinski definition) is 2. The van der Waals surface area contributed by atoms with Gasteiger partial charge in [-0.25, -0.2) is 0 Å². The Morgan fingerprint density at radius 3 is 1.48 bits per heavy atom. The van der Waals surface area contributed by atoms with Gasteiger partial charge >= 0.3 is 0 Å². The van der Waals surface area contributed by atoms with E-state index in [4.69, 9.17) is 4.74 Å². The monoisotopic (exact) mass is 404 g/mol. The van der Waals surface area contributed by atoms with Crippen LogP contribution in [0, 0.1) is 6.92 Å². The molecular formula is C27H48O2. The van der Waals surface area contributed by atoms with Crippen LogP contribution in [0.5, 0.6) is 11.5 Å². The summed E-state index contributed by atoms with van der Waals surface area (Å²) in [6.07, 6.45) is 25.1. The number of aromatic hydroxyl groups is 1. The fourth-order valence-corrected chi connectivity index (χ4v) is 3.95. The number of unbranched alkanes of at least 4 members (excludes halogenated alkanes) is 17. The van der Waals surface area contributed by atoms with Crippen molar-refractivity contribution in [3.63, 3.8) is 0 Å². The number of ether oxygens (including phenoxy) is 1. The molecular weight excluding hydrogens is 356 g/mol. The molecule has 0 aromatic heterocycles. The van der Waals surface area contributed by atoms with Gasteiger partial charge in [0, 0.05) is 5.56 Å². The molecule has 168 valence electrons. The standard InChI is InChI=1S/C27H48O2/c1-3-4-5-6-7-8-9-10-11-12-13-14-15-16-17-18-19-20-24-29-27-23-21-22-26(28)25(27)2/h21-23,28H,3-20,24H2,1-2H3. The maximum absolute atomic E-state index is 9.68. The molecule has 0 atom stereocenters. The molecule has 1 rings (SSSR count). The van der Waals surface area contributed by atoms with Crippen LogP contribution in [0.15, 0.2) is 18.2 Å². The van der Waals surface area contributed by atoms with Gasteiger partial charge in [0.1, 0.15) is 11.5 Å². The number of rotatable bonds is 20. The molecule has 0 spiro atoms. The maximum atomic E-state index is 9.68. The number of phenols is 1. The first-order valence-electron chi connectivity index (χ1n) is 12.7. The van der Waals surface area contributed by atoms with Gasteiger partial charge in [-0.3, -0.25) is 0 Å². The molecule has 29 heavy (non-hydrogen) atoms. The van der Waals surface area contributed by atoms with Crippen molar-refractivity contribution in [2.75, 3.05) is 6.61 Å². The van der Waals surface area contributed by atoms with Gasteiger partial charge in [-0.05, 0) is 25.5 Å². The highest BCUT2D eigenvalue weighted by Gasteiger charge is 2.03. The molecule has 0 unspecified atom stereocenters. The second-order valence-corrected chi connectivity index (χ2v) is 8.76. The van der Waals surface area contributed by atoms with Crippen LogP contribution < -0.4 is 4.74 Å². The Labute approximate surface area is 181 Å². The molecule has 2 heteroatoms. The topological polar surface area (TPSA) is 29.5 Å². The average molecular weight is 405 g/mol. The Balaban J connectivity index is 1.75. The lowest BCUT2D eigenvalue weighted by Gasteiger charge is -2.09. The maximum Gasteiger partial charge on any atom is 0.125 e. The van der Waals surface area contributed by atoms with Crippen molar-refractivity contribution >= 4 is 0 Å². The summed E-state index contributed by atoms with van der Waals surface area (Å²) < 4.78 is 5.79. The van der Waals surface area contributed by atoms with Gasteiger partial charge in [-0.2, -0.15) is 0 Å². The van der Waals surface area contributed by atoms with E-state index >= 15 is 0 Å². The molecule has 2 nitrogen and oxygen atoms in total. The molecule has 0 aliphatic heterocycles. The average Bonchev–Trinajstić information content (AvgIpc) is 2.72. The van der Waals surface area contributed by atoms with Gasteiger partial charge in [0.2, 0.25) is 0 Å². The lowest BCUT2D eigenvalue weighted by atomic mass is 10.0. The van der Waals surface area contributed by atoms with Gasteiger partial charge < -0.3 is 9.84 Å². The zero-order chi connectivity index (χ0) is 21.0. The third-order valence-corrected chi connectivity index (χ3v) is 6.01. The molecule has 0 aliphatic carbocycles. The first-order chi connectivity index (χ1) is 14.3. The van der Waals surface area contributed by atoms with E-state index in [-0.39, 0.29) is 0 Å². The smallest absolute Gasteiger partial charge is 0.125 e. The van der Waals surface area contributed by atoms with Gasteiger partial charge in [0.15, 0.2) is 0 Å². The van der Waals surface area contributed by atoms with E-state index < -0.39 is 0 Å². The fraction of sp³-hybridized carbons (Fsp3) is 0.778. The molecule has 1 N–H and O–H groups in total. The summed E-state index contributed by atoms with van der Waals surface area (Å²) >= 11 is 0.